The van der Waals surface area contributed by atoms with E-state index in [-0.39, 0.29) is 10.7 Å². The van der Waals surface area contributed by atoms with E-state index >= 15 is 0 Å². The molecule has 0 spiro atoms. The van der Waals surface area contributed by atoms with Crippen LogP contribution in [0, 0.1) is 6.92 Å². The number of hydrogen-bond donors (Lipinski definition) is 1. The molecule has 1 heterocycles. The van der Waals surface area contributed by atoms with E-state index in [9.17, 15) is 13.2 Å². The molecule has 0 saturated heterocycles. The smallest absolute Gasteiger partial charge is 0.204 e. The number of nitrogens with zero attached hydrogens (tertiary/aromatic N) is 1. The minimum absolute atomic E-state index is 0.0754. The van der Waals surface area contributed by atoms with Crippen LogP contribution >= 0.6 is 11.3 Å². The van der Waals surface area contributed by atoms with Crippen LogP contribution < -0.4 is 5.32 Å². The highest BCUT2D eigenvalue weighted by atomic mass is 32.2. The normalized spacial score (nSPS) is 11.3. The summed E-state index contributed by atoms with van der Waals surface area (Å²) in [5, 5.41) is 3.58. The molecule has 25 heavy (non-hydrogen) atoms. The van der Waals surface area contributed by atoms with Crippen LogP contribution in [0.4, 0.5) is 10.8 Å². The first kappa shape index (κ1) is 17.3. The lowest BCUT2D eigenvalue weighted by atomic mass is 10.0. The number of aromatic nitrogens is 1. The summed E-state index contributed by atoms with van der Waals surface area (Å²) < 4.78 is 23.3. The van der Waals surface area contributed by atoms with E-state index in [1.165, 1.54) is 23.6 Å². The predicted octanol–water partition coefficient (Wildman–Crippen LogP) is 3.83. The summed E-state index contributed by atoms with van der Waals surface area (Å²) in [6.45, 7) is 1.89. The van der Waals surface area contributed by atoms with E-state index in [1.54, 1.807) is 24.3 Å². The Labute approximate surface area is 150 Å². The molecule has 1 N–H and O–H groups in total. The molecule has 0 aliphatic rings. The van der Waals surface area contributed by atoms with Gasteiger partial charge in [0.2, 0.25) is 5.78 Å². The second kappa shape index (κ2) is 6.78. The molecule has 0 amide bonds. The minimum atomic E-state index is -3.28. The van der Waals surface area contributed by atoms with Gasteiger partial charge in [-0.25, -0.2) is 13.4 Å². The number of ketones is 1. The lowest BCUT2D eigenvalue weighted by Crippen LogP contribution is -2.00. The quantitative estimate of drug-likeness (QED) is 0.689. The summed E-state index contributed by atoms with van der Waals surface area (Å²) in [5.74, 6) is -0.0754. The Hall–Kier alpha value is -2.51. The van der Waals surface area contributed by atoms with Gasteiger partial charge in [0.15, 0.2) is 15.0 Å². The largest absolute Gasteiger partial charge is 0.331 e. The molecule has 0 aliphatic heterocycles. The predicted molar refractivity (Wildman–Crippen MR) is 99.6 cm³/mol. The van der Waals surface area contributed by atoms with Crippen LogP contribution in [0.3, 0.4) is 0 Å². The molecule has 5 nitrogen and oxygen atoms in total. The summed E-state index contributed by atoms with van der Waals surface area (Å²) in [6.07, 6.45) is 2.69. The Kier molecular flexibility index (Phi) is 4.69. The lowest BCUT2D eigenvalue weighted by Gasteiger charge is -2.04. The standard InChI is InChI=1S/C18H16N2O3S2/c1-12-6-3-4-9-15(12)17(21)16-11-19-18(24-16)20-13-7-5-8-14(10-13)25(2,22)23/h3-11H,1-2H3,(H,19,20). The van der Waals surface area contributed by atoms with E-state index < -0.39 is 9.84 Å². The van der Waals surface area contributed by atoms with E-state index in [0.717, 1.165) is 11.8 Å². The van der Waals surface area contributed by atoms with Crippen LogP contribution in [0.25, 0.3) is 0 Å². The fraction of sp³-hybridized carbons (Fsp3) is 0.111. The van der Waals surface area contributed by atoms with Crippen LogP contribution in [-0.2, 0) is 9.84 Å². The highest BCUT2D eigenvalue weighted by Gasteiger charge is 2.15. The summed E-state index contributed by atoms with van der Waals surface area (Å²) >= 11 is 1.23. The Morgan fingerprint density at radius 3 is 2.60 bits per heavy atom. The Morgan fingerprint density at radius 1 is 1.12 bits per heavy atom. The zero-order valence-electron chi connectivity index (χ0n) is 13.7. The van der Waals surface area contributed by atoms with E-state index in [4.69, 9.17) is 0 Å². The molecule has 1 aromatic heterocycles. The number of anilines is 2. The molecule has 3 rings (SSSR count). The van der Waals surface area contributed by atoms with Crippen molar-refractivity contribution in [3.63, 3.8) is 0 Å². The number of nitrogens with one attached hydrogen (secondary N) is 1. The third-order valence-corrected chi connectivity index (χ3v) is 5.65. The van der Waals surface area contributed by atoms with Gasteiger partial charge in [-0.3, -0.25) is 4.79 Å². The molecule has 7 heteroatoms. The first-order valence-electron chi connectivity index (χ1n) is 7.48. The topological polar surface area (TPSA) is 76.1 Å². The van der Waals surface area contributed by atoms with Gasteiger partial charge < -0.3 is 5.32 Å². The number of carbonyl (C=O) groups excluding carboxylic acids is 1. The van der Waals surface area contributed by atoms with Gasteiger partial charge in [0.1, 0.15) is 0 Å². The summed E-state index contributed by atoms with van der Waals surface area (Å²) in [7, 11) is -3.28. The van der Waals surface area contributed by atoms with E-state index in [1.807, 2.05) is 25.1 Å². The van der Waals surface area contributed by atoms with Crippen molar-refractivity contribution in [3.05, 3.63) is 70.7 Å². The number of benzene rings is 2. The number of carbonyl (C=O) groups is 1. The molecule has 0 radical (unpaired) electrons. The second-order valence-electron chi connectivity index (χ2n) is 5.60. The zero-order valence-corrected chi connectivity index (χ0v) is 15.3. The fourth-order valence-corrected chi connectivity index (χ4v) is 3.78. The number of sulfone groups is 1. The monoisotopic (exact) mass is 372 g/mol. The van der Waals surface area contributed by atoms with Crippen molar-refractivity contribution in [1.29, 1.82) is 0 Å². The van der Waals surface area contributed by atoms with Crippen LogP contribution in [-0.4, -0.2) is 25.4 Å². The minimum Gasteiger partial charge on any atom is -0.331 e. The van der Waals surface area contributed by atoms with Crippen LogP contribution in [0.1, 0.15) is 20.8 Å². The third kappa shape index (κ3) is 3.94. The number of rotatable bonds is 5. The number of aryl methyl sites for hydroxylation is 1. The maximum absolute atomic E-state index is 12.6. The number of thiazole rings is 1. The molecule has 128 valence electrons. The van der Waals surface area contributed by atoms with Crippen molar-refractivity contribution < 1.29 is 13.2 Å². The van der Waals surface area contributed by atoms with E-state index in [0.29, 0.717) is 21.3 Å². The van der Waals surface area contributed by atoms with Gasteiger partial charge in [-0.1, -0.05) is 41.7 Å². The van der Waals surface area contributed by atoms with E-state index in [2.05, 4.69) is 10.3 Å². The first-order chi connectivity index (χ1) is 11.8. The number of hydrogen-bond acceptors (Lipinski definition) is 6. The summed E-state index contributed by atoms with van der Waals surface area (Å²) in [4.78, 5) is 17.5. The van der Waals surface area contributed by atoms with Gasteiger partial charge in [-0.05, 0) is 30.7 Å². The van der Waals surface area contributed by atoms with Crippen molar-refractivity contribution in [2.45, 2.75) is 11.8 Å². The van der Waals surface area contributed by atoms with Gasteiger partial charge >= 0.3 is 0 Å². The maximum Gasteiger partial charge on any atom is 0.204 e. The summed E-state index contributed by atoms with van der Waals surface area (Å²) in [5.41, 5.74) is 2.17. The molecular formula is C18H16N2O3S2. The van der Waals surface area contributed by atoms with Crippen LogP contribution in [0.5, 0.6) is 0 Å². The van der Waals surface area contributed by atoms with Crippen LogP contribution in [0.15, 0.2) is 59.6 Å². The van der Waals surface area contributed by atoms with Crippen LogP contribution in [0.2, 0.25) is 0 Å². The summed E-state index contributed by atoms with van der Waals surface area (Å²) in [6, 6.07) is 13.9. The molecule has 0 aliphatic carbocycles. The van der Waals surface area contributed by atoms with Crippen molar-refractivity contribution >= 4 is 37.8 Å². The molecule has 0 saturated carbocycles. The lowest BCUT2D eigenvalue weighted by molar-refractivity contribution is 0.104. The first-order valence-corrected chi connectivity index (χ1v) is 10.2. The molecule has 2 aromatic carbocycles. The SMILES string of the molecule is Cc1ccccc1C(=O)c1cnc(Nc2cccc(S(C)(=O)=O)c2)s1. The van der Waals surface area contributed by atoms with Crippen molar-refractivity contribution in [2.24, 2.45) is 0 Å². The molecule has 0 unspecified atom stereocenters. The van der Waals surface area contributed by atoms with Gasteiger partial charge in [-0.2, -0.15) is 0 Å². The molecular weight excluding hydrogens is 356 g/mol. The van der Waals surface area contributed by atoms with Gasteiger partial charge in [0.05, 0.1) is 16.0 Å². The highest BCUT2D eigenvalue weighted by Crippen LogP contribution is 2.26. The van der Waals surface area contributed by atoms with Gasteiger partial charge in [0.25, 0.3) is 0 Å². The van der Waals surface area contributed by atoms with Gasteiger partial charge in [-0.15, -0.1) is 0 Å². The Balaban J connectivity index is 1.83. The van der Waals surface area contributed by atoms with Gasteiger partial charge in [0, 0.05) is 17.5 Å². The second-order valence-corrected chi connectivity index (χ2v) is 8.65. The zero-order chi connectivity index (χ0) is 18.0. The third-order valence-electron chi connectivity index (χ3n) is 3.63. The maximum atomic E-state index is 12.6. The molecule has 3 aromatic rings. The average Bonchev–Trinajstić information content (AvgIpc) is 3.03. The average molecular weight is 372 g/mol. The molecule has 0 atom stereocenters. The Bertz CT molecular complexity index is 1040. The van der Waals surface area contributed by atoms with Crippen molar-refractivity contribution in [1.82, 2.24) is 4.98 Å². The van der Waals surface area contributed by atoms with Crippen molar-refractivity contribution in [2.75, 3.05) is 11.6 Å². The van der Waals surface area contributed by atoms with Crippen molar-refractivity contribution in [3.8, 4) is 0 Å². The fourth-order valence-electron chi connectivity index (χ4n) is 2.33. The Morgan fingerprint density at radius 2 is 1.88 bits per heavy atom. The highest BCUT2D eigenvalue weighted by molar-refractivity contribution is 7.90. The molecule has 0 fully saturated rings. The molecule has 0 bridgehead atoms.